The van der Waals surface area contributed by atoms with Gasteiger partial charge in [0.1, 0.15) is 0 Å². The highest BCUT2D eigenvalue weighted by Gasteiger charge is 2.28. The smallest absolute Gasteiger partial charge is 0.265 e. The van der Waals surface area contributed by atoms with Crippen molar-refractivity contribution >= 4 is 31.6 Å². The molecule has 88 valence electrons. The Morgan fingerprint density at radius 2 is 2.19 bits per heavy atom. The van der Waals surface area contributed by atoms with Crippen LogP contribution in [0.3, 0.4) is 0 Å². The van der Waals surface area contributed by atoms with Crippen LogP contribution in [0.2, 0.25) is 0 Å². The Balaban J connectivity index is 2.39. The lowest BCUT2D eigenvalue weighted by atomic mass is 10.3. The minimum Gasteiger partial charge on any atom is -0.398 e. The third kappa shape index (κ3) is 2.08. The van der Waals surface area contributed by atoms with Gasteiger partial charge < -0.3 is 5.73 Å². The van der Waals surface area contributed by atoms with Crippen LogP contribution >= 0.6 is 15.9 Å². The second kappa shape index (κ2) is 4.33. The van der Waals surface area contributed by atoms with Gasteiger partial charge in [-0.3, -0.25) is 4.84 Å². The fraction of sp³-hybridized carbons (Fsp3) is 0.333. The fourth-order valence-corrected chi connectivity index (χ4v) is 2.99. The molecule has 1 aromatic rings. The Morgan fingerprint density at radius 3 is 2.75 bits per heavy atom. The van der Waals surface area contributed by atoms with Gasteiger partial charge >= 0.3 is 0 Å². The second-order valence-corrected chi connectivity index (χ2v) is 6.08. The minimum absolute atomic E-state index is 0.148. The average molecular weight is 307 g/mol. The predicted molar refractivity (Wildman–Crippen MR) is 63.0 cm³/mol. The van der Waals surface area contributed by atoms with Gasteiger partial charge in [0.25, 0.3) is 10.0 Å². The molecule has 1 fully saturated rings. The first-order chi connectivity index (χ1) is 7.51. The second-order valence-electron chi connectivity index (χ2n) is 3.40. The number of nitrogens with zero attached hydrogens (tertiary/aromatic N) is 1. The van der Waals surface area contributed by atoms with Crippen molar-refractivity contribution in [2.24, 2.45) is 0 Å². The van der Waals surface area contributed by atoms with Crippen LogP contribution in [0.1, 0.15) is 6.42 Å². The standard InChI is InChI=1S/C9H11BrN2O3S/c10-8-3-2-7(6-9(8)11)16(13,14)12-4-1-5-15-12/h2-3,6H,1,4-5,11H2. The first-order valence-electron chi connectivity index (χ1n) is 4.72. The number of anilines is 1. The topological polar surface area (TPSA) is 72.6 Å². The molecule has 2 N–H and O–H groups in total. The maximum atomic E-state index is 12.0. The summed E-state index contributed by atoms with van der Waals surface area (Å²) in [5.74, 6) is 0. The van der Waals surface area contributed by atoms with E-state index in [0.717, 1.165) is 4.47 Å². The summed E-state index contributed by atoms with van der Waals surface area (Å²) in [4.78, 5) is 5.18. The molecule has 2 rings (SSSR count). The number of rotatable bonds is 2. The van der Waals surface area contributed by atoms with Crippen LogP contribution in [0.25, 0.3) is 0 Å². The van der Waals surface area contributed by atoms with Gasteiger partial charge in [-0.05, 0) is 40.5 Å². The van der Waals surface area contributed by atoms with Crippen LogP contribution in [-0.4, -0.2) is 26.0 Å². The van der Waals surface area contributed by atoms with E-state index in [2.05, 4.69) is 15.9 Å². The zero-order chi connectivity index (χ0) is 11.8. The molecule has 1 aromatic carbocycles. The van der Waals surface area contributed by atoms with Gasteiger partial charge in [-0.15, -0.1) is 0 Å². The molecule has 0 spiro atoms. The van der Waals surface area contributed by atoms with Crippen molar-refractivity contribution in [3.8, 4) is 0 Å². The maximum absolute atomic E-state index is 12.0. The van der Waals surface area contributed by atoms with Gasteiger partial charge in [-0.25, -0.2) is 8.42 Å². The molecule has 1 heterocycles. The number of hydrogen-bond acceptors (Lipinski definition) is 4. The molecule has 0 unspecified atom stereocenters. The Labute approximate surface area is 102 Å². The van der Waals surface area contributed by atoms with Crippen molar-refractivity contribution in [3.63, 3.8) is 0 Å². The van der Waals surface area contributed by atoms with Gasteiger partial charge in [0.2, 0.25) is 0 Å². The minimum atomic E-state index is -3.57. The van der Waals surface area contributed by atoms with Crippen molar-refractivity contribution in [2.75, 3.05) is 18.9 Å². The summed E-state index contributed by atoms with van der Waals surface area (Å²) in [6, 6.07) is 4.52. The molecule has 0 radical (unpaired) electrons. The number of nitrogens with two attached hydrogens (primary N) is 1. The van der Waals surface area contributed by atoms with Crippen LogP contribution in [0.5, 0.6) is 0 Å². The zero-order valence-electron chi connectivity index (χ0n) is 8.39. The van der Waals surface area contributed by atoms with Crippen LogP contribution in [0, 0.1) is 0 Å². The molecule has 1 saturated heterocycles. The molecule has 0 atom stereocenters. The highest BCUT2D eigenvalue weighted by atomic mass is 79.9. The maximum Gasteiger partial charge on any atom is 0.265 e. The summed E-state index contributed by atoms with van der Waals surface area (Å²) in [5.41, 5.74) is 6.03. The Kier molecular flexibility index (Phi) is 3.20. The first kappa shape index (κ1) is 11.8. The van der Waals surface area contributed by atoms with Crippen LogP contribution in [0.4, 0.5) is 5.69 Å². The van der Waals surface area contributed by atoms with Crippen LogP contribution in [-0.2, 0) is 14.9 Å². The van der Waals surface area contributed by atoms with Crippen molar-refractivity contribution in [1.29, 1.82) is 0 Å². The Morgan fingerprint density at radius 1 is 1.44 bits per heavy atom. The van der Waals surface area contributed by atoms with E-state index in [1.165, 1.54) is 12.1 Å². The Hall–Kier alpha value is -0.630. The van der Waals surface area contributed by atoms with Crippen molar-refractivity contribution in [3.05, 3.63) is 22.7 Å². The van der Waals surface area contributed by atoms with E-state index >= 15 is 0 Å². The summed E-state index contributed by atoms with van der Waals surface area (Å²) in [6.07, 6.45) is 0.714. The van der Waals surface area contributed by atoms with E-state index in [1.807, 2.05) is 0 Å². The van der Waals surface area contributed by atoms with E-state index in [9.17, 15) is 8.42 Å². The van der Waals surface area contributed by atoms with Gasteiger partial charge in [0.05, 0.1) is 11.5 Å². The summed E-state index contributed by atoms with van der Waals surface area (Å²) in [5, 5.41) is 0. The number of halogens is 1. The molecular weight excluding hydrogens is 296 g/mol. The molecule has 0 amide bonds. The highest BCUT2D eigenvalue weighted by Crippen LogP contribution is 2.26. The Bertz CT molecular complexity index is 497. The van der Waals surface area contributed by atoms with Gasteiger partial charge in [0, 0.05) is 16.7 Å². The fourth-order valence-electron chi connectivity index (χ4n) is 1.41. The summed E-state index contributed by atoms with van der Waals surface area (Å²) in [6.45, 7) is 0.823. The van der Waals surface area contributed by atoms with Crippen molar-refractivity contribution < 1.29 is 13.3 Å². The number of benzene rings is 1. The molecule has 0 bridgehead atoms. The molecular formula is C9H11BrN2O3S. The lowest BCUT2D eigenvalue weighted by Gasteiger charge is -2.14. The van der Waals surface area contributed by atoms with Crippen molar-refractivity contribution in [1.82, 2.24) is 4.47 Å². The first-order valence-corrected chi connectivity index (χ1v) is 6.96. The SMILES string of the molecule is Nc1cc(S(=O)(=O)N2CCCO2)ccc1Br. The lowest BCUT2D eigenvalue weighted by Crippen LogP contribution is -2.26. The number of sulfonamides is 1. The molecule has 16 heavy (non-hydrogen) atoms. The molecule has 1 aliphatic rings. The largest absolute Gasteiger partial charge is 0.398 e. The van der Waals surface area contributed by atoms with Crippen LogP contribution in [0.15, 0.2) is 27.6 Å². The molecule has 1 aliphatic heterocycles. The van der Waals surface area contributed by atoms with Gasteiger partial charge in [0.15, 0.2) is 0 Å². The monoisotopic (exact) mass is 306 g/mol. The zero-order valence-corrected chi connectivity index (χ0v) is 10.8. The van der Waals surface area contributed by atoms with Gasteiger partial charge in [-0.2, -0.15) is 0 Å². The highest BCUT2D eigenvalue weighted by molar-refractivity contribution is 9.10. The molecule has 0 aliphatic carbocycles. The summed E-state index contributed by atoms with van der Waals surface area (Å²) >= 11 is 3.21. The van der Waals surface area contributed by atoms with E-state index < -0.39 is 10.0 Å². The number of hydroxylamine groups is 1. The average Bonchev–Trinajstić information content (AvgIpc) is 2.75. The molecule has 7 heteroatoms. The number of hydrogen-bond donors (Lipinski definition) is 1. The normalized spacial score (nSPS) is 17.8. The third-order valence-electron chi connectivity index (χ3n) is 2.25. The van der Waals surface area contributed by atoms with Gasteiger partial charge in [-0.1, -0.05) is 4.47 Å². The predicted octanol–water partition coefficient (Wildman–Crippen LogP) is 1.36. The third-order valence-corrected chi connectivity index (χ3v) is 4.65. The van der Waals surface area contributed by atoms with E-state index in [-0.39, 0.29) is 4.90 Å². The van der Waals surface area contributed by atoms with E-state index in [1.54, 1.807) is 6.07 Å². The van der Waals surface area contributed by atoms with E-state index in [4.69, 9.17) is 10.6 Å². The van der Waals surface area contributed by atoms with Crippen molar-refractivity contribution in [2.45, 2.75) is 11.3 Å². The molecule has 0 aromatic heterocycles. The summed E-state index contributed by atoms with van der Waals surface area (Å²) < 4.78 is 25.7. The quantitative estimate of drug-likeness (QED) is 0.837. The lowest BCUT2D eigenvalue weighted by molar-refractivity contribution is -0.0284. The molecule has 5 nitrogen and oxygen atoms in total. The molecule has 0 saturated carbocycles. The number of nitrogen functional groups attached to an aromatic ring is 1. The summed E-state index contributed by atoms with van der Waals surface area (Å²) in [7, 11) is -3.57. The van der Waals surface area contributed by atoms with Crippen LogP contribution < -0.4 is 5.73 Å². The van der Waals surface area contributed by atoms with E-state index in [0.29, 0.717) is 29.7 Å².